The molecular formula is C14H10N2O7. The zero-order valence-electron chi connectivity index (χ0n) is 11.8. The number of esters is 1. The quantitative estimate of drug-likeness (QED) is 0.465. The van der Waals surface area contributed by atoms with Gasteiger partial charge in [0.15, 0.2) is 17.3 Å². The van der Waals surface area contributed by atoms with Gasteiger partial charge in [-0.1, -0.05) is 0 Å². The van der Waals surface area contributed by atoms with E-state index >= 15 is 0 Å². The lowest BCUT2D eigenvalue weighted by molar-refractivity contribution is -0.501. The summed E-state index contributed by atoms with van der Waals surface area (Å²) in [6, 6.07) is 2.54. The van der Waals surface area contributed by atoms with E-state index in [9.17, 15) is 19.7 Å². The molecule has 0 bridgehead atoms. The maximum absolute atomic E-state index is 12.2. The van der Waals surface area contributed by atoms with E-state index in [0.29, 0.717) is 11.5 Å². The maximum atomic E-state index is 12.2. The molecule has 0 saturated heterocycles. The molecule has 0 spiro atoms. The molecule has 3 rings (SSSR count). The van der Waals surface area contributed by atoms with E-state index in [-0.39, 0.29) is 23.8 Å². The number of nitrogens with zero attached hydrogens (tertiary/aromatic N) is 2. The summed E-state index contributed by atoms with van der Waals surface area (Å²) in [5.41, 5.74) is 0.339. The molecule has 1 aromatic carbocycles. The predicted molar refractivity (Wildman–Crippen MR) is 75.0 cm³/mol. The smallest absolute Gasteiger partial charge is 0.348 e. The average molecular weight is 318 g/mol. The second-order valence-corrected chi connectivity index (χ2v) is 4.78. The number of benzene rings is 1. The minimum Gasteiger partial charge on any atom is -0.454 e. The molecule has 1 unspecified atom stereocenters. The Kier molecular flexibility index (Phi) is 3.53. The molecule has 0 saturated carbocycles. The van der Waals surface area contributed by atoms with Gasteiger partial charge in [0.1, 0.15) is 0 Å². The van der Waals surface area contributed by atoms with Gasteiger partial charge in [-0.05, 0) is 25.1 Å². The van der Waals surface area contributed by atoms with Crippen LogP contribution in [0.1, 0.15) is 17.3 Å². The van der Waals surface area contributed by atoms with E-state index in [1.54, 1.807) is 0 Å². The molecule has 0 N–H and O–H groups in total. The molecule has 23 heavy (non-hydrogen) atoms. The molecule has 0 aliphatic carbocycles. The molecule has 0 fully saturated rings. The predicted octanol–water partition coefficient (Wildman–Crippen LogP) is 1.10. The standard InChI is InChI=1S/C14H10N2O7/c1-7-4-11(12(16(19)20)13(17)15-7)23-14(18)8-2-3-9-10(5-8)22-6-21-9/h2-5,12H,6H2,1H3. The minimum absolute atomic E-state index is 0.0482. The Bertz CT molecular complexity index is 781. The van der Waals surface area contributed by atoms with Crippen LogP contribution < -0.4 is 9.47 Å². The van der Waals surface area contributed by atoms with Crippen molar-refractivity contribution in [3.8, 4) is 11.5 Å². The summed E-state index contributed by atoms with van der Waals surface area (Å²) in [5.74, 6) is -1.33. The molecule has 1 aromatic rings. The summed E-state index contributed by atoms with van der Waals surface area (Å²) in [5, 5.41) is 11.0. The number of hydrogen-bond acceptors (Lipinski definition) is 7. The number of hydrogen-bond donors (Lipinski definition) is 0. The van der Waals surface area contributed by atoms with Crippen molar-refractivity contribution >= 4 is 17.6 Å². The number of amides is 1. The summed E-state index contributed by atoms with van der Waals surface area (Å²) in [6.07, 6.45) is 1.19. The number of allylic oxidation sites excluding steroid dienone is 1. The van der Waals surface area contributed by atoms with Crippen molar-refractivity contribution in [2.45, 2.75) is 13.0 Å². The van der Waals surface area contributed by atoms with Gasteiger partial charge in [0.2, 0.25) is 6.79 Å². The third kappa shape index (κ3) is 2.76. The molecule has 118 valence electrons. The van der Waals surface area contributed by atoms with Gasteiger partial charge < -0.3 is 14.2 Å². The van der Waals surface area contributed by atoms with Crippen LogP contribution in [0.3, 0.4) is 0 Å². The SMILES string of the molecule is CC1=NC(=O)C([N+](=O)[O-])C(OC(=O)c2ccc3c(c2)OCO3)=C1. The third-order valence-corrected chi connectivity index (χ3v) is 3.17. The summed E-state index contributed by atoms with van der Waals surface area (Å²) < 4.78 is 15.3. The highest BCUT2D eigenvalue weighted by molar-refractivity contribution is 6.07. The van der Waals surface area contributed by atoms with Crippen molar-refractivity contribution in [1.29, 1.82) is 0 Å². The topological polar surface area (TPSA) is 117 Å². The Morgan fingerprint density at radius 2 is 2.13 bits per heavy atom. The van der Waals surface area contributed by atoms with Crippen molar-refractivity contribution in [3.63, 3.8) is 0 Å². The van der Waals surface area contributed by atoms with Crippen molar-refractivity contribution < 1.29 is 28.7 Å². The van der Waals surface area contributed by atoms with Crippen LogP contribution in [0.4, 0.5) is 0 Å². The first-order chi connectivity index (χ1) is 11.0. The monoisotopic (exact) mass is 318 g/mol. The Morgan fingerprint density at radius 3 is 2.87 bits per heavy atom. The van der Waals surface area contributed by atoms with Gasteiger partial charge in [-0.3, -0.25) is 14.9 Å². The zero-order chi connectivity index (χ0) is 16.6. The van der Waals surface area contributed by atoms with Gasteiger partial charge in [-0.15, -0.1) is 0 Å². The van der Waals surface area contributed by atoms with Crippen molar-refractivity contribution in [2.24, 2.45) is 4.99 Å². The van der Waals surface area contributed by atoms with Crippen LogP contribution in [0.5, 0.6) is 11.5 Å². The number of fused-ring (bicyclic) bond motifs is 1. The van der Waals surface area contributed by atoms with Gasteiger partial charge >= 0.3 is 17.9 Å². The Labute approximate surface area is 129 Å². The first-order valence-electron chi connectivity index (χ1n) is 6.52. The Balaban J connectivity index is 1.85. The largest absolute Gasteiger partial charge is 0.454 e. The molecule has 1 amide bonds. The van der Waals surface area contributed by atoms with Gasteiger partial charge in [0.05, 0.1) is 5.56 Å². The summed E-state index contributed by atoms with van der Waals surface area (Å²) in [6.45, 7) is 1.52. The second kappa shape index (κ2) is 5.52. The lowest BCUT2D eigenvalue weighted by Crippen LogP contribution is -2.35. The molecular weight excluding hydrogens is 308 g/mol. The van der Waals surface area contributed by atoms with E-state index in [1.165, 1.54) is 31.2 Å². The number of carbonyl (C=O) groups is 2. The number of dihydropyridines is 1. The first-order valence-corrected chi connectivity index (χ1v) is 6.52. The van der Waals surface area contributed by atoms with Crippen LogP contribution in [0.2, 0.25) is 0 Å². The van der Waals surface area contributed by atoms with Crippen LogP contribution in [0.15, 0.2) is 35.0 Å². The second-order valence-electron chi connectivity index (χ2n) is 4.78. The van der Waals surface area contributed by atoms with Gasteiger partial charge in [0, 0.05) is 16.7 Å². The highest BCUT2D eigenvalue weighted by Crippen LogP contribution is 2.33. The molecule has 1 atom stereocenters. The number of rotatable bonds is 3. The van der Waals surface area contributed by atoms with Gasteiger partial charge in [-0.2, -0.15) is 0 Å². The van der Waals surface area contributed by atoms with Crippen molar-refractivity contribution in [1.82, 2.24) is 0 Å². The lowest BCUT2D eigenvalue weighted by Gasteiger charge is -2.14. The van der Waals surface area contributed by atoms with Crippen LogP contribution >= 0.6 is 0 Å². The molecule has 9 heteroatoms. The van der Waals surface area contributed by atoms with E-state index in [4.69, 9.17) is 14.2 Å². The van der Waals surface area contributed by atoms with Crippen LogP contribution in [-0.2, 0) is 9.53 Å². The van der Waals surface area contributed by atoms with Crippen LogP contribution in [0, 0.1) is 10.1 Å². The minimum atomic E-state index is -1.82. The fraction of sp³-hybridized carbons (Fsp3) is 0.214. The molecule has 9 nitrogen and oxygen atoms in total. The number of carbonyl (C=O) groups excluding carboxylic acids is 2. The number of aliphatic imine (C=N–C) groups is 1. The normalized spacial score (nSPS) is 19.0. The summed E-state index contributed by atoms with van der Waals surface area (Å²) >= 11 is 0. The van der Waals surface area contributed by atoms with Gasteiger partial charge in [-0.25, -0.2) is 9.79 Å². The highest BCUT2D eigenvalue weighted by Gasteiger charge is 2.39. The number of ether oxygens (including phenoxy) is 3. The number of nitro groups is 1. The van der Waals surface area contributed by atoms with E-state index in [2.05, 4.69) is 4.99 Å². The molecule has 2 aliphatic rings. The van der Waals surface area contributed by atoms with Gasteiger partial charge in [0.25, 0.3) is 0 Å². The zero-order valence-corrected chi connectivity index (χ0v) is 11.8. The molecule has 0 radical (unpaired) electrons. The Morgan fingerprint density at radius 1 is 1.39 bits per heavy atom. The first kappa shape index (κ1) is 14.7. The average Bonchev–Trinajstić information content (AvgIpc) is 2.93. The molecule has 0 aromatic heterocycles. The van der Waals surface area contributed by atoms with E-state index in [0.717, 1.165) is 0 Å². The van der Waals surface area contributed by atoms with Crippen molar-refractivity contribution in [3.05, 3.63) is 45.7 Å². The van der Waals surface area contributed by atoms with E-state index < -0.39 is 22.8 Å². The van der Waals surface area contributed by atoms with Crippen LogP contribution in [-0.4, -0.2) is 35.3 Å². The van der Waals surface area contributed by atoms with Crippen molar-refractivity contribution in [2.75, 3.05) is 6.79 Å². The maximum Gasteiger partial charge on any atom is 0.348 e. The van der Waals surface area contributed by atoms with Crippen LogP contribution in [0.25, 0.3) is 0 Å². The lowest BCUT2D eigenvalue weighted by atomic mass is 10.1. The molecule has 2 aliphatic heterocycles. The van der Waals surface area contributed by atoms with E-state index in [1.807, 2.05) is 0 Å². The summed E-state index contributed by atoms with van der Waals surface area (Å²) in [7, 11) is 0. The Hall–Kier alpha value is -3.23. The fourth-order valence-corrected chi connectivity index (χ4v) is 2.14. The highest BCUT2D eigenvalue weighted by atomic mass is 16.7. The summed E-state index contributed by atoms with van der Waals surface area (Å²) in [4.78, 5) is 37.4. The molecule has 2 heterocycles. The third-order valence-electron chi connectivity index (χ3n) is 3.17. The fourth-order valence-electron chi connectivity index (χ4n) is 2.14.